The number of nitrogens with zero attached hydrogens (tertiary/aromatic N) is 1. The van der Waals surface area contributed by atoms with Gasteiger partial charge in [0.2, 0.25) is 0 Å². The van der Waals surface area contributed by atoms with Crippen LogP contribution < -0.4 is 5.32 Å². The van der Waals surface area contributed by atoms with E-state index in [2.05, 4.69) is 17.3 Å². The molecule has 1 aliphatic heterocycles. The Morgan fingerprint density at radius 1 is 1.50 bits per heavy atom. The van der Waals surface area contributed by atoms with Crippen molar-refractivity contribution in [1.29, 1.82) is 0 Å². The van der Waals surface area contributed by atoms with Gasteiger partial charge >= 0.3 is 0 Å². The van der Waals surface area contributed by atoms with Crippen LogP contribution in [0.1, 0.15) is 19.8 Å². The van der Waals surface area contributed by atoms with Gasteiger partial charge in [-0.2, -0.15) is 0 Å². The molecule has 1 N–H and O–H groups in total. The molecular formula is C9H18N2S. The Labute approximate surface area is 80.3 Å². The quantitative estimate of drug-likeness (QED) is 0.654. The molecule has 0 unspecified atom stereocenters. The van der Waals surface area contributed by atoms with Gasteiger partial charge in [-0.3, -0.25) is 0 Å². The number of hydrogen-bond acceptors (Lipinski definition) is 2. The van der Waals surface area contributed by atoms with E-state index in [0.29, 0.717) is 0 Å². The Bertz CT molecular complexity index is 151. The minimum Gasteiger partial charge on any atom is -0.380 e. The largest absolute Gasteiger partial charge is 0.380 e. The van der Waals surface area contributed by atoms with Gasteiger partial charge in [-0.05, 0) is 45.8 Å². The van der Waals surface area contributed by atoms with Gasteiger partial charge in [0.15, 0.2) is 0 Å². The highest BCUT2D eigenvalue weighted by Gasteiger charge is 2.15. The van der Waals surface area contributed by atoms with Crippen LogP contribution in [0, 0.1) is 5.92 Å². The lowest BCUT2D eigenvalue weighted by molar-refractivity contribution is 0.220. The monoisotopic (exact) mass is 186 g/mol. The summed E-state index contributed by atoms with van der Waals surface area (Å²) in [7, 11) is 2.19. The normalized spacial score (nSPS) is 20.8. The van der Waals surface area contributed by atoms with E-state index in [1.165, 1.54) is 25.9 Å². The van der Waals surface area contributed by atoms with E-state index in [-0.39, 0.29) is 0 Å². The van der Waals surface area contributed by atoms with Crippen LogP contribution in [0.25, 0.3) is 0 Å². The van der Waals surface area contributed by atoms with E-state index in [1.54, 1.807) is 0 Å². The maximum Gasteiger partial charge on any atom is 0.0721 e. The van der Waals surface area contributed by atoms with Crippen LogP contribution in [0.5, 0.6) is 0 Å². The average molecular weight is 186 g/mol. The number of hydrogen-bond donors (Lipinski definition) is 1. The summed E-state index contributed by atoms with van der Waals surface area (Å²) in [5.41, 5.74) is 0. The number of piperidine rings is 1. The lowest BCUT2D eigenvalue weighted by Crippen LogP contribution is -2.35. The second-order valence-corrected chi connectivity index (χ2v) is 4.30. The average Bonchev–Trinajstić information content (AvgIpc) is 2.03. The van der Waals surface area contributed by atoms with E-state index in [9.17, 15) is 0 Å². The second kappa shape index (κ2) is 4.77. The summed E-state index contributed by atoms with van der Waals surface area (Å²) in [6.07, 6.45) is 2.62. The predicted molar refractivity (Wildman–Crippen MR) is 56.5 cm³/mol. The smallest absolute Gasteiger partial charge is 0.0721 e. The maximum atomic E-state index is 4.97. The highest BCUT2D eigenvalue weighted by atomic mass is 32.1. The lowest BCUT2D eigenvalue weighted by Gasteiger charge is -2.29. The summed E-state index contributed by atoms with van der Waals surface area (Å²) in [6.45, 7) is 5.50. The van der Waals surface area contributed by atoms with Crippen molar-refractivity contribution in [1.82, 2.24) is 10.2 Å². The highest BCUT2D eigenvalue weighted by Crippen LogP contribution is 2.14. The molecule has 0 spiro atoms. The molecule has 1 saturated heterocycles. The van der Waals surface area contributed by atoms with Crippen molar-refractivity contribution in [2.75, 3.05) is 26.7 Å². The predicted octanol–water partition coefficient (Wildman–Crippen LogP) is 1.27. The molecule has 2 nitrogen and oxygen atoms in total. The molecule has 0 aromatic rings. The highest BCUT2D eigenvalue weighted by molar-refractivity contribution is 7.80. The van der Waals surface area contributed by atoms with Gasteiger partial charge in [0.05, 0.1) is 4.99 Å². The summed E-state index contributed by atoms with van der Waals surface area (Å²) in [4.78, 5) is 3.31. The summed E-state index contributed by atoms with van der Waals surface area (Å²) in [5.74, 6) is 0.832. The van der Waals surface area contributed by atoms with E-state index >= 15 is 0 Å². The first-order chi connectivity index (χ1) is 5.68. The topological polar surface area (TPSA) is 15.3 Å². The van der Waals surface area contributed by atoms with Crippen LogP contribution in [-0.4, -0.2) is 36.6 Å². The fraction of sp³-hybridized carbons (Fsp3) is 0.889. The second-order valence-electron chi connectivity index (χ2n) is 3.68. The molecule has 1 rings (SSSR count). The van der Waals surface area contributed by atoms with Gasteiger partial charge in [-0.25, -0.2) is 0 Å². The Morgan fingerprint density at radius 3 is 2.58 bits per heavy atom. The zero-order valence-electron chi connectivity index (χ0n) is 7.97. The molecule has 0 aromatic carbocycles. The van der Waals surface area contributed by atoms with Crippen LogP contribution in [-0.2, 0) is 0 Å². The summed E-state index contributed by atoms with van der Waals surface area (Å²) >= 11 is 4.97. The Balaban J connectivity index is 2.13. The molecule has 0 saturated carbocycles. The van der Waals surface area contributed by atoms with Crippen LogP contribution in [0.4, 0.5) is 0 Å². The minimum absolute atomic E-state index is 0.832. The third kappa shape index (κ3) is 3.50. The van der Waals surface area contributed by atoms with Crippen LogP contribution in [0.2, 0.25) is 0 Å². The lowest BCUT2D eigenvalue weighted by atomic mass is 9.97. The van der Waals surface area contributed by atoms with Gasteiger partial charge in [0, 0.05) is 6.54 Å². The van der Waals surface area contributed by atoms with Crippen molar-refractivity contribution in [3.8, 4) is 0 Å². The van der Waals surface area contributed by atoms with E-state index in [1.807, 2.05) is 6.92 Å². The molecule has 70 valence electrons. The van der Waals surface area contributed by atoms with Gasteiger partial charge < -0.3 is 10.2 Å². The fourth-order valence-corrected chi connectivity index (χ4v) is 1.64. The van der Waals surface area contributed by atoms with E-state index in [0.717, 1.165) is 17.5 Å². The SMILES string of the molecule is CC(=S)NCC1CCN(C)CC1. The van der Waals surface area contributed by atoms with Crippen LogP contribution in [0.3, 0.4) is 0 Å². The van der Waals surface area contributed by atoms with Crippen molar-refractivity contribution in [3.05, 3.63) is 0 Å². The molecule has 0 radical (unpaired) electrons. The number of nitrogens with one attached hydrogen (secondary N) is 1. The van der Waals surface area contributed by atoms with E-state index in [4.69, 9.17) is 12.2 Å². The molecule has 1 fully saturated rings. The van der Waals surface area contributed by atoms with Gasteiger partial charge in [-0.1, -0.05) is 12.2 Å². The first-order valence-corrected chi connectivity index (χ1v) is 5.02. The Morgan fingerprint density at radius 2 is 2.08 bits per heavy atom. The van der Waals surface area contributed by atoms with Crippen LogP contribution in [0.15, 0.2) is 0 Å². The van der Waals surface area contributed by atoms with Gasteiger partial charge in [-0.15, -0.1) is 0 Å². The summed E-state index contributed by atoms with van der Waals surface area (Å²) in [6, 6.07) is 0. The Kier molecular flexibility index (Phi) is 3.95. The summed E-state index contributed by atoms with van der Waals surface area (Å²) < 4.78 is 0. The van der Waals surface area contributed by atoms with Crippen LogP contribution >= 0.6 is 12.2 Å². The number of rotatable bonds is 2. The molecule has 0 amide bonds. The van der Waals surface area contributed by atoms with Crippen molar-refractivity contribution < 1.29 is 0 Å². The van der Waals surface area contributed by atoms with E-state index < -0.39 is 0 Å². The molecule has 12 heavy (non-hydrogen) atoms. The first-order valence-electron chi connectivity index (χ1n) is 4.61. The van der Waals surface area contributed by atoms with Crippen molar-refractivity contribution in [2.45, 2.75) is 19.8 Å². The molecule has 0 aromatic heterocycles. The van der Waals surface area contributed by atoms with Crippen molar-refractivity contribution in [2.24, 2.45) is 5.92 Å². The van der Waals surface area contributed by atoms with Gasteiger partial charge in [0.1, 0.15) is 0 Å². The van der Waals surface area contributed by atoms with Crippen molar-refractivity contribution >= 4 is 17.2 Å². The zero-order chi connectivity index (χ0) is 8.97. The molecule has 1 heterocycles. The number of thiocarbonyl (C=S) groups is 1. The molecule has 1 aliphatic rings. The van der Waals surface area contributed by atoms with Gasteiger partial charge in [0.25, 0.3) is 0 Å². The molecule has 3 heteroatoms. The maximum absolute atomic E-state index is 4.97. The third-order valence-corrected chi connectivity index (χ3v) is 2.62. The molecule has 0 aliphatic carbocycles. The molecule has 0 bridgehead atoms. The Hall–Kier alpha value is -0.150. The van der Waals surface area contributed by atoms with Crippen molar-refractivity contribution in [3.63, 3.8) is 0 Å². The molecule has 0 atom stereocenters. The zero-order valence-corrected chi connectivity index (χ0v) is 8.78. The minimum atomic E-state index is 0.832. The standard InChI is InChI=1S/C9H18N2S/c1-8(12)10-7-9-3-5-11(2)6-4-9/h9H,3-7H2,1-2H3,(H,10,12). The fourth-order valence-electron chi connectivity index (χ4n) is 1.55. The first kappa shape index (κ1) is 9.93. The summed E-state index contributed by atoms with van der Waals surface area (Å²) in [5, 5.41) is 3.24. The number of likely N-dealkylation sites (tertiary alicyclic amines) is 1. The third-order valence-electron chi connectivity index (χ3n) is 2.48. The molecular weight excluding hydrogens is 168 g/mol.